The van der Waals surface area contributed by atoms with Crippen LogP contribution >= 0.6 is 11.8 Å². The van der Waals surface area contributed by atoms with E-state index < -0.39 is 10.0 Å². The lowest BCUT2D eigenvalue weighted by Crippen LogP contribution is -2.40. The number of aromatic nitrogens is 2. The highest BCUT2D eigenvalue weighted by Crippen LogP contribution is 2.23. The molecule has 0 unspecified atom stereocenters. The van der Waals surface area contributed by atoms with E-state index in [0.29, 0.717) is 13.1 Å². The van der Waals surface area contributed by atoms with Gasteiger partial charge in [-0.25, -0.2) is 8.42 Å². The maximum Gasteiger partial charge on any atom is 0.263 e. The highest BCUT2D eigenvalue weighted by Gasteiger charge is 2.33. The van der Waals surface area contributed by atoms with Crippen molar-refractivity contribution in [2.24, 2.45) is 7.05 Å². The molecule has 1 saturated carbocycles. The Morgan fingerprint density at radius 1 is 1.20 bits per heavy atom. The summed E-state index contributed by atoms with van der Waals surface area (Å²) < 4.78 is 28.7. The third-order valence-corrected chi connectivity index (χ3v) is 7.56. The third kappa shape index (κ3) is 4.38. The van der Waals surface area contributed by atoms with Crippen LogP contribution < -0.4 is 5.32 Å². The summed E-state index contributed by atoms with van der Waals surface area (Å²) in [5.41, 5.74) is 0.157. The number of hydrogen-bond acceptors (Lipinski definition) is 5. The molecular weight excluding hydrogens is 360 g/mol. The van der Waals surface area contributed by atoms with Crippen LogP contribution in [0.4, 0.5) is 0 Å². The average Bonchev–Trinajstić information content (AvgIpc) is 2.83. The predicted octanol–water partition coefficient (Wildman–Crippen LogP) is 1.61. The topological polar surface area (TPSA) is 84.3 Å². The lowest BCUT2D eigenvalue weighted by molar-refractivity contribution is 0.0929. The smallest absolute Gasteiger partial charge is 0.263 e. The van der Waals surface area contributed by atoms with Crippen molar-refractivity contribution in [3.63, 3.8) is 0 Å². The summed E-state index contributed by atoms with van der Waals surface area (Å²) in [7, 11) is -2.09. The Morgan fingerprint density at radius 3 is 2.48 bits per heavy atom. The predicted molar refractivity (Wildman–Crippen MR) is 98.2 cm³/mol. The molecular formula is C16H26N4O3S2. The van der Waals surface area contributed by atoms with E-state index in [-0.39, 0.29) is 22.5 Å². The second-order valence-corrected chi connectivity index (χ2v) is 9.78. The zero-order valence-electron chi connectivity index (χ0n) is 14.6. The number of nitrogens with one attached hydrogen (secondary N) is 1. The van der Waals surface area contributed by atoms with Gasteiger partial charge in [-0.3, -0.25) is 9.48 Å². The molecule has 1 aliphatic heterocycles. The molecule has 7 nitrogen and oxygen atoms in total. The minimum Gasteiger partial charge on any atom is -0.349 e. The van der Waals surface area contributed by atoms with E-state index >= 15 is 0 Å². The van der Waals surface area contributed by atoms with Crippen molar-refractivity contribution >= 4 is 27.7 Å². The first-order chi connectivity index (χ1) is 12.0. The Kier molecular flexibility index (Phi) is 6.06. The van der Waals surface area contributed by atoms with E-state index in [1.165, 1.54) is 28.0 Å². The zero-order valence-corrected chi connectivity index (χ0v) is 16.2. The Balaban J connectivity index is 1.81. The number of nitrogens with zero attached hydrogens (tertiary/aromatic N) is 3. The minimum atomic E-state index is -3.74. The number of carbonyl (C=O) groups is 1. The first-order valence-corrected chi connectivity index (χ1v) is 11.5. The Bertz CT molecular complexity index is 703. The highest BCUT2D eigenvalue weighted by molar-refractivity contribution is 7.99. The van der Waals surface area contributed by atoms with Crippen LogP contribution in [0.25, 0.3) is 0 Å². The molecule has 0 radical (unpaired) electrons. The van der Waals surface area contributed by atoms with Gasteiger partial charge in [0.2, 0.25) is 5.03 Å². The Labute approximate surface area is 153 Å². The molecule has 9 heteroatoms. The fraction of sp³-hybridized carbons (Fsp3) is 0.750. The summed E-state index contributed by atoms with van der Waals surface area (Å²) in [6.45, 7) is 0.931. The van der Waals surface area contributed by atoms with Crippen molar-refractivity contribution in [1.29, 1.82) is 0 Å². The minimum absolute atomic E-state index is 0.118. The summed E-state index contributed by atoms with van der Waals surface area (Å²) in [4.78, 5) is 12.7. The summed E-state index contributed by atoms with van der Waals surface area (Å²) in [5, 5.41) is 7.02. The molecule has 2 heterocycles. The molecule has 25 heavy (non-hydrogen) atoms. The third-order valence-electron chi connectivity index (χ3n) is 4.78. The normalized spacial score (nSPS) is 21.0. The molecule has 1 amide bonds. The van der Waals surface area contributed by atoms with Crippen LogP contribution in [0.3, 0.4) is 0 Å². The molecule has 0 bridgehead atoms. The summed E-state index contributed by atoms with van der Waals surface area (Å²) in [5.74, 6) is 1.22. The molecule has 0 atom stereocenters. The first-order valence-electron chi connectivity index (χ1n) is 8.91. The number of hydrogen-bond donors (Lipinski definition) is 1. The van der Waals surface area contributed by atoms with E-state index in [2.05, 4.69) is 10.4 Å². The van der Waals surface area contributed by atoms with Gasteiger partial charge in [0.05, 0.1) is 5.56 Å². The van der Waals surface area contributed by atoms with Gasteiger partial charge in [0.25, 0.3) is 15.9 Å². The van der Waals surface area contributed by atoms with E-state index in [0.717, 1.165) is 37.2 Å². The van der Waals surface area contributed by atoms with Crippen LogP contribution in [-0.4, -0.2) is 59.0 Å². The molecule has 1 aliphatic carbocycles. The molecule has 3 rings (SSSR count). The molecule has 1 N–H and O–H groups in total. The SMILES string of the molecule is Cn1cc(C(=O)NC2CCCCCC2)c(S(=O)(=O)N2CCSCC2)n1. The quantitative estimate of drug-likeness (QED) is 0.795. The molecule has 1 saturated heterocycles. The van der Waals surface area contributed by atoms with Crippen molar-refractivity contribution in [3.8, 4) is 0 Å². The number of sulfonamides is 1. The van der Waals surface area contributed by atoms with Crippen molar-refractivity contribution in [2.45, 2.75) is 49.6 Å². The van der Waals surface area contributed by atoms with E-state index in [4.69, 9.17) is 0 Å². The molecule has 1 aromatic heterocycles. The van der Waals surface area contributed by atoms with Gasteiger partial charge in [-0.15, -0.1) is 0 Å². The lowest BCUT2D eigenvalue weighted by Gasteiger charge is -2.25. The second-order valence-electron chi connectivity index (χ2n) is 6.70. The van der Waals surface area contributed by atoms with Gasteiger partial charge in [0.15, 0.2) is 0 Å². The summed E-state index contributed by atoms with van der Waals surface area (Å²) >= 11 is 1.74. The van der Waals surface area contributed by atoms with Gasteiger partial charge < -0.3 is 5.32 Å². The Morgan fingerprint density at radius 2 is 1.84 bits per heavy atom. The van der Waals surface area contributed by atoms with Crippen molar-refractivity contribution < 1.29 is 13.2 Å². The number of thioether (sulfide) groups is 1. The summed E-state index contributed by atoms with van der Waals surface area (Å²) in [6.07, 6.45) is 8.04. The van der Waals surface area contributed by atoms with Gasteiger partial charge in [-0.05, 0) is 12.8 Å². The number of amides is 1. The molecule has 0 aromatic carbocycles. The molecule has 140 valence electrons. The van der Waals surface area contributed by atoms with Gasteiger partial charge in [-0.2, -0.15) is 21.2 Å². The van der Waals surface area contributed by atoms with Gasteiger partial charge in [0, 0.05) is 43.9 Å². The van der Waals surface area contributed by atoms with Crippen LogP contribution in [0.5, 0.6) is 0 Å². The molecule has 2 aliphatic rings. The monoisotopic (exact) mass is 386 g/mol. The molecule has 1 aromatic rings. The van der Waals surface area contributed by atoms with Crippen LogP contribution in [0.15, 0.2) is 11.2 Å². The van der Waals surface area contributed by atoms with Crippen LogP contribution in [-0.2, 0) is 17.1 Å². The van der Waals surface area contributed by atoms with Gasteiger partial charge >= 0.3 is 0 Å². The van der Waals surface area contributed by atoms with E-state index in [1.54, 1.807) is 18.8 Å². The fourth-order valence-corrected chi connectivity index (χ4v) is 6.11. The van der Waals surface area contributed by atoms with Crippen LogP contribution in [0.1, 0.15) is 48.9 Å². The van der Waals surface area contributed by atoms with Crippen LogP contribution in [0, 0.1) is 0 Å². The van der Waals surface area contributed by atoms with Crippen molar-refractivity contribution in [1.82, 2.24) is 19.4 Å². The Hall–Kier alpha value is -1.06. The number of carbonyl (C=O) groups excluding carboxylic acids is 1. The molecule has 0 spiro atoms. The summed E-state index contributed by atoms with van der Waals surface area (Å²) in [6, 6.07) is 0.122. The maximum absolute atomic E-state index is 12.9. The van der Waals surface area contributed by atoms with Gasteiger partial charge in [-0.1, -0.05) is 25.7 Å². The average molecular weight is 387 g/mol. The van der Waals surface area contributed by atoms with Gasteiger partial charge in [0.1, 0.15) is 0 Å². The maximum atomic E-state index is 12.9. The van der Waals surface area contributed by atoms with E-state index in [9.17, 15) is 13.2 Å². The van der Waals surface area contributed by atoms with Crippen molar-refractivity contribution in [3.05, 3.63) is 11.8 Å². The fourth-order valence-electron chi connectivity index (χ4n) is 3.41. The van der Waals surface area contributed by atoms with Crippen molar-refractivity contribution in [2.75, 3.05) is 24.6 Å². The van der Waals surface area contributed by atoms with Crippen LogP contribution in [0.2, 0.25) is 0 Å². The first kappa shape index (κ1) is 18.7. The number of rotatable bonds is 4. The number of aryl methyl sites for hydroxylation is 1. The standard InChI is InChI=1S/C16H26N4O3S2/c1-19-12-14(15(21)17-13-6-4-2-3-5-7-13)16(18-19)25(22,23)20-8-10-24-11-9-20/h12-13H,2-11H2,1H3,(H,17,21). The largest absolute Gasteiger partial charge is 0.349 e. The molecule has 2 fully saturated rings. The highest BCUT2D eigenvalue weighted by atomic mass is 32.2. The van der Waals surface area contributed by atoms with E-state index in [1.807, 2.05) is 0 Å². The zero-order chi connectivity index (χ0) is 17.9. The second kappa shape index (κ2) is 8.09. The lowest BCUT2D eigenvalue weighted by atomic mass is 10.1.